The second kappa shape index (κ2) is 4.93. The van der Waals surface area contributed by atoms with Crippen molar-refractivity contribution in [2.24, 2.45) is 0 Å². The van der Waals surface area contributed by atoms with Gasteiger partial charge in [0.25, 0.3) is 0 Å². The molecule has 20 heavy (non-hydrogen) atoms. The summed E-state index contributed by atoms with van der Waals surface area (Å²) in [6.45, 7) is 7.83. The summed E-state index contributed by atoms with van der Waals surface area (Å²) in [6, 6.07) is 4.14. The Labute approximate surface area is 118 Å². The average Bonchev–Trinajstić information content (AvgIpc) is 2.68. The molecule has 2 rings (SSSR count). The molecule has 1 aromatic carbocycles. The highest BCUT2D eigenvalue weighted by molar-refractivity contribution is 5.81. The van der Waals surface area contributed by atoms with E-state index >= 15 is 0 Å². The number of hydrogen-bond acceptors (Lipinski definition) is 4. The first-order valence-corrected chi connectivity index (χ1v) is 6.36. The molecule has 0 unspecified atom stereocenters. The summed E-state index contributed by atoms with van der Waals surface area (Å²) in [4.78, 5) is 0. The number of ether oxygens (including phenoxy) is 1. The van der Waals surface area contributed by atoms with Gasteiger partial charge < -0.3 is 14.9 Å². The molecule has 4 nitrogen and oxygen atoms in total. The first-order chi connectivity index (χ1) is 9.42. The van der Waals surface area contributed by atoms with E-state index in [1.807, 2.05) is 33.8 Å². The van der Waals surface area contributed by atoms with E-state index in [0.717, 1.165) is 33.6 Å². The van der Waals surface area contributed by atoms with Crippen LogP contribution in [0.15, 0.2) is 10.5 Å². The monoisotopic (exact) mass is 270 g/mol. The number of furan rings is 1. The van der Waals surface area contributed by atoms with Crippen LogP contribution in [-0.2, 0) is 0 Å². The largest absolute Gasteiger partial charge is 0.496 e. The van der Waals surface area contributed by atoms with Crippen molar-refractivity contribution < 1.29 is 9.15 Å². The smallest absolute Gasteiger partial charge is 0.209 e. The molecule has 0 amide bonds. The van der Waals surface area contributed by atoms with E-state index in [4.69, 9.17) is 14.9 Å². The molecule has 2 aromatic rings. The number of methoxy groups -OCH3 is 1. The number of hydrogen-bond donors (Lipinski definition) is 1. The fourth-order valence-electron chi connectivity index (χ4n) is 2.63. The Morgan fingerprint density at radius 3 is 2.40 bits per heavy atom. The van der Waals surface area contributed by atoms with E-state index in [-0.39, 0.29) is 5.88 Å². The second-order valence-corrected chi connectivity index (χ2v) is 4.91. The van der Waals surface area contributed by atoms with Crippen molar-refractivity contribution >= 4 is 5.88 Å². The van der Waals surface area contributed by atoms with Gasteiger partial charge in [0.2, 0.25) is 5.88 Å². The van der Waals surface area contributed by atoms with Crippen LogP contribution < -0.4 is 10.5 Å². The maximum absolute atomic E-state index is 9.29. The van der Waals surface area contributed by atoms with Gasteiger partial charge in [-0.25, -0.2) is 0 Å². The van der Waals surface area contributed by atoms with Crippen molar-refractivity contribution in [3.63, 3.8) is 0 Å². The number of benzene rings is 1. The van der Waals surface area contributed by atoms with Gasteiger partial charge in [-0.1, -0.05) is 0 Å². The summed E-state index contributed by atoms with van der Waals surface area (Å²) in [5.74, 6) is 1.70. The van der Waals surface area contributed by atoms with Gasteiger partial charge in [0.1, 0.15) is 23.1 Å². The molecule has 0 saturated carbocycles. The van der Waals surface area contributed by atoms with Crippen LogP contribution in [0.25, 0.3) is 11.1 Å². The number of nitrogens with two attached hydrogens (primary N) is 1. The van der Waals surface area contributed by atoms with Crippen molar-refractivity contribution in [2.75, 3.05) is 12.8 Å². The van der Waals surface area contributed by atoms with E-state index in [1.54, 1.807) is 7.11 Å². The molecule has 2 N–H and O–H groups in total. The first-order valence-electron chi connectivity index (χ1n) is 6.36. The van der Waals surface area contributed by atoms with Gasteiger partial charge >= 0.3 is 0 Å². The third-order valence-corrected chi connectivity index (χ3v) is 3.72. The van der Waals surface area contributed by atoms with E-state index in [2.05, 4.69) is 6.07 Å². The molecule has 0 saturated heterocycles. The fraction of sp³-hybridized carbons (Fsp3) is 0.312. The maximum Gasteiger partial charge on any atom is 0.209 e. The lowest BCUT2D eigenvalue weighted by Gasteiger charge is -2.15. The highest BCUT2D eigenvalue weighted by Crippen LogP contribution is 2.39. The molecule has 0 aliphatic heterocycles. The summed E-state index contributed by atoms with van der Waals surface area (Å²) in [5.41, 5.74) is 11.0. The van der Waals surface area contributed by atoms with Gasteiger partial charge in [-0.15, -0.1) is 0 Å². The lowest BCUT2D eigenvalue weighted by molar-refractivity contribution is 0.408. The predicted molar refractivity (Wildman–Crippen MR) is 78.8 cm³/mol. The Morgan fingerprint density at radius 2 is 1.85 bits per heavy atom. The van der Waals surface area contributed by atoms with Crippen molar-refractivity contribution in [3.05, 3.63) is 34.1 Å². The lowest BCUT2D eigenvalue weighted by atomic mass is 9.92. The zero-order chi connectivity index (χ0) is 15.0. The predicted octanol–water partition coefficient (Wildman–Crippen LogP) is 3.64. The standard InChI is InChI=1S/C16H18N2O2/c1-8-6-12(9(2)10(3)15(8)19-5)14-11(4)20-16(18)13(14)7-17/h6H,18H2,1-5H3. The van der Waals surface area contributed by atoms with Crippen LogP contribution >= 0.6 is 0 Å². The minimum atomic E-state index is 0.172. The van der Waals surface area contributed by atoms with Crippen molar-refractivity contribution in [2.45, 2.75) is 27.7 Å². The normalized spacial score (nSPS) is 10.4. The SMILES string of the molecule is COc1c(C)cc(-c2c(C)oc(N)c2C#N)c(C)c1C. The molecular formula is C16H18N2O2. The number of rotatable bonds is 2. The molecule has 0 atom stereocenters. The maximum atomic E-state index is 9.29. The lowest BCUT2D eigenvalue weighted by Crippen LogP contribution is -1.97. The van der Waals surface area contributed by atoms with Crippen LogP contribution in [0.5, 0.6) is 5.75 Å². The molecule has 104 valence electrons. The Hall–Kier alpha value is -2.41. The molecule has 4 heteroatoms. The average molecular weight is 270 g/mol. The number of nitriles is 1. The van der Waals surface area contributed by atoms with Crippen molar-refractivity contribution in [3.8, 4) is 22.9 Å². The number of nitrogens with zero attached hydrogens (tertiary/aromatic N) is 1. The summed E-state index contributed by atoms with van der Waals surface area (Å²) < 4.78 is 10.8. The highest BCUT2D eigenvalue weighted by Gasteiger charge is 2.21. The fourth-order valence-corrected chi connectivity index (χ4v) is 2.63. The number of anilines is 1. The Morgan fingerprint density at radius 1 is 1.20 bits per heavy atom. The minimum Gasteiger partial charge on any atom is -0.496 e. The Bertz CT molecular complexity index is 721. The molecule has 0 spiro atoms. The van der Waals surface area contributed by atoms with E-state index in [9.17, 15) is 5.26 Å². The van der Waals surface area contributed by atoms with Crippen LogP contribution in [0.4, 0.5) is 5.88 Å². The quantitative estimate of drug-likeness (QED) is 0.904. The van der Waals surface area contributed by atoms with Gasteiger partial charge in [0, 0.05) is 5.56 Å². The van der Waals surface area contributed by atoms with Gasteiger partial charge in [-0.3, -0.25) is 0 Å². The molecule has 1 heterocycles. The first kappa shape index (κ1) is 14.0. The van der Waals surface area contributed by atoms with E-state index < -0.39 is 0 Å². The molecule has 0 radical (unpaired) electrons. The van der Waals surface area contributed by atoms with Crippen LogP contribution in [0.1, 0.15) is 28.0 Å². The van der Waals surface area contributed by atoms with Crippen molar-refractivity contribution in [1.82, 2.24) is 0 Å². The van der Waals surface area contributed by atoms with Crippen molar-refractivity contribution in [1.29, 1.82) is 5.26 Å². The van der Waals surface area contributed by atoms with Crippen LogP contribution in [-0.4, -0.2) is 7.11 Å². The molecule has 0 fully saturated rings. The molecule has 0 aliphatic carbocycles. The topological polar surface area (TPSA) is 72.2 Å². The van der Waals surface area contributed by atoms with Gasteiger partial charge in [0.05, 0.1) is 7.11 Å². The minimum absolute atomic E-state index is 0.172. The summed E-state index contributed by atoms with van der Waals surface area (Å²) in [5, 5.41) is 9.29. The Balaban J connectivity index is 2.82. The summed E-state index contributed by atoms with van der Waals surface area (Å²) in [7, 11) is 1.66. The molecule has 1 aromatic heterocycles. The molecule has 0 bridgehead atoms. The van der Waals surface area contributed by atoms with Crippen LogP contribution in [0.3, 0.4) is 0 Å². The number of nitrogen functional groups attached to an aromatic ring is 1. The third kappa shape index (κ3) is 1.92. The highest BCUT2D eigenvalue weighted by atomic mass is 16.5. The van der Waals surface area contributed by atoms with Crippen LogP contribution in [0, 0.1) is 39.0 Å². The zero-order valence-electron chi connectivity index (χ0n) is 12.4. The third-order valence-electron chi connectivity index (χ3n) is 3.72. The Kier molecular flexibility index (Phi) is 3.46. The molecule has 0 aliphatic rings. The van der Waals surface area contributed by atoms with Gasteiger partial charge in [-0.2, -0.15) is 5.26 Å². The second-order valence-electron chi connectivity index (χ2n) is 4.91. The summed E-state index contributed by atoms with van der Waals surface area (Å²) >= 11 is 0. The van der Waals surface area contributed by atoms with E-state index in [0.29, 0.717) is 11.3 Å². The number of aryl methyl sites for hydroxylation is 2. The zero-order valence-corrected chi connectivity index (χ0v) is 12.4. The molecular weight excluding hydrogens is 252 g/mol. The van der Waals surface area contributed by atoms with Gasteiger partial charge in [-0.05, 0) is 56.0 Å². The van der Waals surface area contributed by atoms with Gasteiger partial charge in [0.15, 0.2) is 0 Å². The van der Waals surface area contributed by atoms with E-state index in [1.165, 1.54) is 0 Å². The van der Waals surface area contributed by atoms with Crippen LogP contribution in [0.2, 0.25) is 0 Å². The summed E-state index contributed by atoms with van der Waals surface area (Å²) in [6.07, 6.45) is 0.